The molecule has 0 spiro atoms. The summed E-state index contributed by atoms with van der Waals surface area (Å²) in [6.45, 7) is 2.53. The number of carboxylic acids is 1. The molecule has 5 heteroatoms. The molecular weight excluding hydrogens is 314 g/mol. The fraction of sp³-hybridized carbons (Fsp3) is 0.154. The van der Waals surface area contributed by atoms with Crippen LogP contribution >= 0.6 is 27.3 Å². The third-order valence-corrected chi connectivity index (χ3v) is 4.14. The first-order valence-electron chi connectivity index (χ1n) is 5.37. The molecule has 18 heavy (non-hydrogen) atoms. The summed E-state index contributed by atoms with van der Waals surface area (Å²) >= 11 is 4.73. The Kier molecular flexibility index (Phi) is 4.04. The quantitative estimate of drug-likeness (QED) is 0.888. The van der Waals surface area contributed by atoms with Gasteiger partial charge in [-0.3, -0.25) is 0 Å². The van der Waals surface area contributed by atoms with Crippen molar-refractivity contribution in [3.05, 3.63) is 50.1 Å². The van der Waals surface area contributed by atoms with Gasteiger partial charge < -0.3 is 10.4 Å². The molecule has 0 saturated heterocycles. The summed E-state index contributed by atoms with van der Waals surface area (Å²) < 4.78 is 0.981. The number of nitrogens with one attached hydrogen (secondary N) is 1. The maximum Gasteiger partial charge on any atom is 0.346 e. The monoisotopic (exact) mass is 325 g/mol. The summed E-state index contributed by atoms with van der Waals surface area (Å²) in [5, 5.41) is 14.0. The number of rotatable bonds is 4. The minimum atomic E-state index is -0.871. The van der Waals surface area contributed by atoms with E-state index in [4.69, 9.17) is 5.11 Å². The van der Waals surface area contributed by atoms with Crippen molar-refractivity contribution in [3.8, 4) is 0 Å². The molecule has 2 N–H and O–H groups in total. The van der Waals surface area contributed by atoms with Crippen LogP contribution in [0.2, 0.25) is 0 Å². The first kappa shape index (κ1) is 13.1. The van der Waals surface area contributed by atoms with E-state index in [1.807, 2.05) is 31.2 Å². The molecule has 2 aromatic rings. The van der Waals surface area contributed by atoms with Crippen molar-refractivity contribution in [2.45, 2.75) is 13.5 Å². The van der Waals surface area contributed by atoms with Crippen LogP contribution in [-0.4, -0.2) is 11.1 Å². The molecule has 0 bridgehead atoms. The molecule has 1 aromatic heterocycles. The first-order valence-corrected chi connectivity index (χ1v) is 7.05. The molecule has 0 amide bonds. The smallest absolute Gasteiger partial charge is 0.346 e. The highest BCUT2D eigenvalue weighted by Crippen LogP contribution is 2.25. The number of benzene rings is 1. The SMILES string of the molecule is Cc1ccc(NCc2ccsc2C(=O)O)c(Br)c1. The highest BCUT2D eigenvalue weighted by Gasteiger charge is 2.11. The zero-order chi connectivity index (χ0) is 13.1. The molecule has 0 saturated carbocycles. The lowest BCUT2D eigenvalue weighted by Crippen LogP contribution is -2.04. The predicted octanol–water partition coefficient (Wildman–Crippen LogP) is 4.13. The Morgan fingerprint density at radius 3 is 2.89 bits per heavy atom. The van der Waals surface area contributed by atoms with E-state index in [0.29, 0.717) is 11.4 Å². The highest BCUT2D eigenvalue weighted by molar-refractivity contribution is 9.10. The van der Waals surface area contributed by atoms with Gasteiger partial charge in [0, 0.05) is 16.7 Å². The van der Waals surface area contributed by atoms with Gasteiger partial charge in [-0.1, -0.05) is 6.07 Å². The number of halogens is 1. The molecule has 1 heterocycles. The Labute approximate surface area is 118 Å². The van der Waals surface area contributed by atoms with Crippen molar-refractivity contribution in [1.82, 2.24) is 0 Å². The molecule has 2 rings (SSSR count). The first-order chi connectivity index (χ1) is 8.58. The summed E-state index contributed by atoms with van der Waals surface area (Å²) in [5.41, 5.74) is 2.94. The molecule has 1 aromatic carbocycles. The van der Waals surface area contributed by atoms with Crippen LogP contribution in [0.3, 0.4) is 0 Å². The van der Waals surface area contributed by atoms with E-state index in [9.17, 15) is 4.79 Å². The number of carbonyl (C=O) groups is 1. The number of aryl methyl sites for hydroxylation is 1. The topological polar surface area (TPSA) is 49.3 Å². The third-order valence-electron chi connectivity index (χ3n) is 2.53. The van der Waals surface area contributed by atoms with Gasteiger partial charge in [0.05, 0.1) is 0 Å². The van der Waals surface area contributed by atoms with E-state index in [2.05, 4.69) is 21.2 Å². The highest BCUT2D eigenvalue weighted by atomic mass is 79.9. The fourth-order valence-corrected chi connectivity index (χ4v) is 3.01. The van der Waals surface area contributed by atoms with Gasteiger partial charge in [-0.2, -0.15) is 0 Å². The minimum absolute atomic E-state index is 0.394. The van der Waals surface area contributed by atoms with Crippen molar-refractivity contribution in [1.29, 1.82) is 0 Å². The lowest BCUT2D eigenvalue weighted by Gasteiger charge is -2.09. The number of hydrogen-bond acceptors (Lipinski definition) is 3. The van der Waals surface area contributed by atoms with Gasteiger partial charge in [0.1, 0.15) is 4.88 Å². The molecule has 0 aliphatic carbocycles. The number of anilines is 1. The molecule has 0 aliphatic rings. The van der Waals surface area contributed by atoms with E-state index >= 15 is 0 Å². The van der Waals surface area contributed by atoms with E-state index in [1.165, 1.54) is 16.9 Å². The van der Waals surface area contributed by atoms with Gasteiger partial charge in [0.15, 0.2) is 0 Å². The van der Waals surface area contributed by atoms with Gasteiger partial charge in [0.25, 0.3) is 0 Å². The van der Waals surface area contributed by atoms with E-state index in [0.717, 1.165) is 15.7 Å². The Hall–Kier alpha value is -1.33. The van der Waals surface area contributed by atoms with Gasteiger partial charge in [0.2, 0.25) is 0 Å². The fourth-order valence-electron chi connectivity index (χ4n) is 1.62. The van der Waals surface area contributed by atoms with Crippen LogP contribution < -0.4 is 5.32 Å². The molecule has 94 valence electrons. The summed E-state index contributed by atoms with van der Waals surface area (Å²) in [6.07, 6.45) is 0. The van der Waals surface area contributed by atoms with E-state index in [-0.39, 0.29) is 0 Å². The number of aromatic carboxylic acids is 1. The maximum absolute atomic E-state index is 11.0. The Morgan fingerprint density at radius 1 is 1.44 bits per heavy atom. The summed E-state index contributed by atoms with van der Waals surface area (Å²) in [6, 6.07) is 7.85. The lowest BCUT2D eigenvalue weighted by atomic mass is 10.2. The number of carboxylic acid groups (broad SMARTS) is 1. The van der Waals surface area contributed by atoms with Crippen LogP contribution in [0, 0.1) is 6.92 Å². The van der Waals surface area contributed by atoms with Crippen molar-refractivity contribution in [2.24, 2.45) is 0 Å². The molecule has 0 radical (unpaired) electrons. The Balaban J connectivity index is 2.11. The van der Waals surface area contributed by atoms with Crippen molar-refractivity contribution in [2.75, 3.05) is 5.32 Å². The second kappa shape index (κ2) is 5.54. The Bertz CT molecular complexity index is 580. The summed E-state index contributed by atoms with van der Waals surface area (Å²) in [7, 11) is 0. The molecular formula is C13H12BrNO2S. The molecule has 0 aliphatic heterocycles. The van der Waals surface area contributed by atoms with Crippen LogP contribution in [-0.2, 0) is 6.54 Å². The molecule has 0 unspecified atom stereocenters. The Morgan fingerprint density at radius 2 is 2.22 bits per heavy atom. The summed E-state index contributed by atoms with van der Waals surface area (Å²) in [5.74, 6) is -0.871. The van der Waals surface area contributed by atoms with Crippen LogP contribution in [0.4, 0.5) is 5.69 Å². The zero-order valence-electron chi connectivity index (χ0n) is 9.74. The van der Waals surface area contributed by atoms with Gasteiger partial charge in [-0.05, 0) is 57.6 Å². The maximum atomic E-state index is 11.0. The zero-order valence-corrected chi connectivity index (χ0v) is 12.1. The predicted molar refractivity (Wildman–Crippen MR) is 77.5 cm³/mol. The standard InChI is InChI=1S/C13H12BrNO2S/c1-8-2-3-11(10(14)6-8)15-7-9-4-5-18-12(9)13(16)17/h2-6,15H,7H2,1H3,(H,16,17). The van der Waals surface area contributed by atoms with Crippen LogP contribution in [0.15, 0.2) is 34.1 Å². The average molecular weight is 326 g/mol. The van der Waals surface area contributed by atoms with Crippen LogP contribution in [0.5, 0.6) is 0 Å². The lowest BCUT2D eigenvalue weighted by molar-refractivity contribution is 0.0701. The van der Waals surface area contributed by atoms with Gasteiger partial charge in [-0.15, -0.1) is 11.3 Å². The normalized spacial score (nSPS) is 10.3. The van der Waals surface area contributed by atoms with Gasteiger partial charge in [-0.25, -0.2) is 4.79 Å². The third kappa shape index (κ3) is 2.91. The van der Waals surface area contributed by atoms with Crippen molar-refractivity contribution in [3.63, 3.8) is 0 Å². The average Bonchev–Trinajstić information content (AvgIpc) is 2.76. The van der Waals surface area contributed by atoms with Crippen LogP contribution in [0.25, 0.3) is 0 Å². The minimum Gasteiger partial charge on any atom is -0.477 e. The van der Waals surface area contributed by atoms with E-state index < -0.39 is 5.97 Å². The number of thiophene rings is 1. The summed E-state index contributed by atoms with van der Waals surface area (Å²) in [4.78, 5) is 11.4. The van der Waals surface area contributed by atoms with Crippen LogP contribution in [0.1, 0.15) is 20.8 Å². The number of hydrogen-bond donors (Lipinski definition) is 2. The van der Waals surface area contributed by atoms with Crippen molar-refractivity contribution < 1.29 is 9.90 Å². The van der Waals surface area contributed by atoms with Gasteiger partial charge >= 0.3 is 5.97 Å². The molecule has 0 atom stereocenters. The van der Waals surface area contributed by atoms with Crippen molar-refractivity contribution >= 4 is 38.9 Å². The molecule has 3 nitrogen and oxygen atoms in total. The second-order valence-corrected chi connectivity index (χ2v) is 5.69. The largest absolute Gasteiger partial charge is 0.477 e. The molecule has 0 fully saturated rings. The second-order valence-electron chi connectivity index (χ2n) is 3.92. The van der Waals surface area contributed by atoms with E-state index in [1.54, 1.807) is 5.38 Å².